The molecule has 3 aromatic carbocycles. The van der Waals surface area contributed by atoms with Crippen LogP contribution in [0.25, 0.3) is 10.8 Å². The number of carbonyl (C=O) groups excluding carboxylic acids is 1. The summed E-state index contributed by atoms with van der Waals surface area (Å²) in [6.45, 7) is 3.91. The minimum Gasteiger partial charge on any atom is -0.507 e. The lowest BCUT2D eigenvalue weighted by Crippen LogP contribution is -2.39. The molecule has 0 radical (unpaired) electrons. The van der Waals surface area contributed by atoms with Crippen molar-refractivity contribution in [1.82, 2.24) is 4.90 Å². The van der Waals surface area contributed by atoms with Gasteiger partial charge in [-0.3, -0.25) is 4.79 Å². The van der Waals surface area contributed by atoms with E-state index in [-0.39, 0.29) is 24.9 Å². The van der Waals surface area contributed by atoms with Crippen molar-refractivity contribution in [3.05, 3.63) is 59.7 Å². The molecule has 0 bridgehead atoms. The summed E-state index contributed by atoms with van der Waals surface area (Å²) in [5.74, 6) is 2.22. The van der Waals surface area contributed by atoms with Crippen LogP contribution in [0.2, 0.25) is 0 Å². The number of nitrogens with zero attached hydrogens (tertiary/aromatic N) is 1. The summed E-state index contributed by atoms with van der Waals surface area (Å²) in [5.41, 5.74) is 1.50. The van der Waals surface area contributed by atoms with Crippen molar-refractivity contribution in [2.75, 3.05) is 27.0 Å². The van der Waals surface area contributed by atoms with Gasteiger partial charge >= 0.3 is 0 Å². The summed E-state index contributed by atoms with van der Waals surface area (Å²) in [4.78, 5) is 15.4. The number of phenolic OH excluding ortho intramolecular Hbond substituents is 1. The van der Waals surface area contributed by atoms with Crippen molar-refractivity contribution in [3.63, 3.8) is 0 Å². The van der Waals surface area contributed by atoms with Gasteiger partial charge in [0.1, 0.15) is 11.5 Å². The van der Waals surface area contributed by atoms with E-state index in [0.717, 1.165) is 42.3 Å². The molecule has 2 aliphatic heterocycles. The van der Waals surface area contributed by atoms with Crippen LogP contribution in [0.1, 0.15) is 43.2 Å². The molecule has 1 saturated heterocycles. The van der Waals surface area contributed by atoms with E-state index in [4.69, 9.17) is 14.2 Å². The van der Waals surface area contributed by atoms with E-state index in [2.05, 4.69) is 6.92 Å². The first kappa shape index (κ1) is 21.4. The lowest BCUT2D eigenvalue weighted by Gasteiger charge is -2.32. The fourth-order valence-electron chi connectivity index (χ4n) is 5.06. The first-order valence-electron chi connectivity index (χ1n) is 11.5. The van der Waals surface area contributed by atoms with Crippen molar-refractivity contribution >= 4 is 16.7 Å². The topological polar surface area (TPSA) is 68.2 Å². The second-order valence-corrected chi connectivity index (χ2v) is 9.02. The van der Waals surface area contributed by atoms with E-state index in [1.54, 1.807) is 7.11 Å². The molecular weight excluding hydrogens is 418 g/mol. The van der Waals surface area contributed by atoms with E-state index < -0.39 is 5.92 Å². The van der Waals surface area contributed by atoms with Gasteiger partial charge in [-0.15, -0.1) is 0 Å². The van der Waals surface area contributed by atoms with Crippen LogP contribution in [0.15, 0.2) is 48.5 Å². The van der Waals surface area contributed by atoms with E-state index in [0.29, 0.717) is 28.7 Å². The predicted octanol–water partition coefficient (Wildman–Crippen LogP) is 5.06. The highest BCUT2D eigenvalue weighted by Gasteiger charge is 2.31. The monoisotopic (exact) mass is 447 g/mol. The molecule has 172 valence electrons. The Morgan fingerprint density at radius 3 is 2.82 bits per heavy atom. The zero-order valence-electron chi connectivity index (χ0n) is 19.0. The van der Waals surface area contributed by atoms with Crippen LogP contribution in [0.4, 0.5) is 0 Å². The average molecular weight is 448 g/mol. The Balaban J connectivity index is 1.61. The second kappa shape index (κ2) is 8.85. The van der Waals surface area contributed by atoms with E-state index in [1.165, 1.54) is 0 Å². The lowest BCUT2D eigenvalue weighted by molar-refractivity contribution is -0.133. The van der Waals surface area contributed by atoms with Gasteiger partial charge in [-0.05, 0) is 47.9 Å². The molecule has 2 heterocycles. The first-order chi connectivity index (χ1) is 16.0. The minimum atomic E-state index is -0.399. The highest BCUT2D eigenvalue weighted by Crippen LogP contribution is 2.46. The normalized spacial score (nSPS) is 18.4. The highest BCUT2D eigenvalue weighted by atomic mass is 16.7. The Bertz CT molecular complexity index is 1190. The van der Waals surface area contributed by atoms with Gasteiger partial charge in [0.2, 0.25) is 12.7 Å². The maximum Gasteiger partial charge on any atom is 0.231 e. The average Bonchev–Trinajstić information content (AvgIpc) is 3.30. The predicted molar refractivity (Wildman–Crippen MR) is 126 cm³/mol. The number of benzene rings is 3. The molecule has 1 amide bonds. The van der Waals surface area contributed by atoms with Crippen LogP contribution < -0.4 is 14.2 Å². The fraction of sp³-hybridized carbons (Fsp3) is 0.370. The molecule has 5 rings (SSSR count). The molecule has 3 aromatic rings. The molecule has 0 saturated carbocycles. The largest absolute Gasteiger partial charge is 0.507 e. The van der Waals surface area contributed by atoms with Gasteiger partial charge in [0.15, 0.2) is 11.5 Å². The molecule has 6 nitrogen and oxygen atoms in total. The van der Waals surface area contributed by atoms with Gasteiger partial charge in [0.05, 0.1) is 7.11 Å². The summed E-state index contributed by atoms with van der Waals surface area (Å²) in [7, 11) is 1.60. The lowest BCUT2D eigenvalue weighted by atomic mass is 9.85. The number of fused-ring (bicyclic) bond motifs is 2. The molecule has 1 fully saturated rings. The van der Waals surface area contributed by atoms with Crippen LogP contribution in [-0.2, 0) is 4.79 Å². The summed E-state index contributed by atoms with van der Waals surface area (Å²) >= 11 is 0. The third-order valence-electron chi connectivity index (χ3n) is 6.78. The molecule has 33 heavy (non-hydrogen) atoms. The molecular formula is C27H29NO5. The standard InChI is InChI=1S/C27H29NO5/c1-17-6-5-11-28(15-17)25(29)14-21(19-9-10-22-23(12-19)33-16-32-22)26-24(31-2)13-18-7-3-4-8-20(18)27(26)30/h3-4,7-10,12-13,17,21,30H,5-6,11,14-16H2,1-2H3. The number of carbonyl (C=O) groups is 1. The molecule has 6 heteroatoms. The molecule has 2 atom stereocenters. The number of methoxy groups -OCH3 is 1. The molecule has 1 N–H and O–H groups in total. The van der Waals surface area contributed by atoms with Gasteiger partial charge in [-0.25, -0.2) is 0 Å². The molecule has 0 aliphatic carbocycles. The Labute approximate surface area is 193 Å². The van der Waals surface area contributed by atoms with Gasteiger partial charge in [-0.2, -0.15) is 0 Å². The number of likely N-dealkylation sites (tertiary alicyclic amines) is 1. The van der Waals surface area contributed by atoms with E-state index >= 15 is 0 Å². The SMILES string of the molecule is COc1cc2ccccc2c(O)c1C(CC(=O)N1CCCC(C)C1)c1ccc2c(c1)OCO2. The van der Waals surface area contributed by atoms with Gasteiger partial charge in [-0.1, -0.05) is 37.3 Å². The van der Waals surface area contributed by atoms with E-state index in [9.17, 15) is 9.90 Å². The number of rotatable bonds is 5. The summed E-state index contributed by atoms with van der Waals surface area (Å²) in [6, 6.07) is 15.3. The Hall–Kier alpha value is -3.41. The number of phenols is 1. The number of hydrogen-bond acceptors (Lipinski definition) is 5. The highest BCUT2D eigenvalue weighted by molar-refractivity contribution is 5.92. The van der Waals surface area contributed by atoms with Crippen LogP contribution in [-0.4, -0.2) is 42.9 Å². The third kappa shape index (κ3) is 4.06. The van der Waals surface area contributed by atoms with E-state index in [1.807, 2.05) is 53.4 Å². The summed E-state index contributed by atoms with van der Waals surface area (Å²) in [6.07, 6.45) is 2.40. The zero-order chi connectivity index (χ0) is 22.9. The van der Waals surface area contributed by atoms with Crippen molar-refractivity contribution < 1.29 is 24.1 Å². The van der Waals surface area contributed by atoms with Gasteiger partial charge in [0, 0.05) is 36.4 Å². The number of ether oxygens (including phenoxy) is 3. The number of piperidine rings is 1. The maximum atomic E-state index is 13.5. The molecule has 0 aromatic heterocycles. The van der Waals surface area contributed by atoms with Crippen molar-refractivity contribution in [3.8, 4) is 23.0 Å². The first-order valence-corrected chi connectivity index (χ1v) is 11.5. The number of amides is 1. The molecule has 2 unspecified atom stereocenters. The van der Waals surface area contributed by atoms with Crippen LogP contribution in [0.5, 0.6) is 23.0 Å². The van der Waals surface area contributed by atoms with Crippen molar-refractivity contribution in [2.45, 2.75) is 32.1 Å². The smallest absolute Gasteiger partial charge is 0.231 e. The Morgan fingerprint density at radius 1 is 1.18 bits per heavy atom. The maximum absolute atomic E-state index is 13.5. The number of aromatic hydroxyl groups is 1. The number of hydrogen-bond donors (Lipinski definition) is 1. The zero-order valence-corrected chi connectivity index (χ0v) is 19.0. The molecule has 0 spiro atoms. The van der Waals surface area contributed by atoms with Crippen LogP contribution in [0, 0.1) is 5.92 Å². The van der Waals surface area contributed by atoms with Gasteiger partial charge in [0.25, 0.3) is 0 Å². The Kier molecular flexibility index (Phi) is 5.75. The Morgan fingerprint density at radius 2 is 2.00 bits per heavy atom. The van der Waals surface area contributed by atoms with Crippen molar-refractivity contribution in [1.29, 1.82) is 0 Å². The summed E-state index contributed by atoms with van der Waals surface area (Å²) < 4.78 is 16.8. The van der Waals surface area contributed by atoms with Gasteiger partial charge < -0.3 is 24.2 Å². The van der Waals surface area contributed by atoms with Crippen LogP contribution >= 0.6 is 0 Å². The van der Waals surface area contributed by atoms with Crippen LogP contribution in [0.3, 0.4) is 0 Å². The molecule has 2 aliphatic rings. The fourth-order valence-corrected chi connectivity index (χ4v) is 5.06. The quantitative estimate of drug-likeness (QED) is 0.592. The third-order valence-corrected chi connectivity index (χ3v) is 6.78. The minimum absolute atomic E-state index is 0.0822. The summed E-state index contributed by atoms with van der Waals surface area (Å²) in [5, 5.41) is 13.0. The second-order valence-electron chi connectivity index (χ2n) is 9.02. The van der Waals surface area contributed by atoms with Crippen molar-refractivity contribution in [2.24, 2.45) is 5.92 Å².